The predicted molar refractivity (Wildman–Crippen MR) is 93.3 cm³/mol. The molecule has 0 heterocycles. The van der Waals surface area contributed by atoms with Crippen molar-refractivity contribution in [3.05, 3.63) is 12.2 Å². The van der Waals surface area contributed by atoms with E-state index in [-0.39, 0.29) is 18.6 Å². The van der Waals surface area contributed by atoms with Gasteiger partial charge in [-0.15, -0.1) is 0 Å². The summed E-state index contributed by atoms with van der Waals surface area (Å²) in [6.45, 7) is 2.28. The van der Waals surface area contributed by atoms with E-state index in [1.54, 1.807) is 13.0 Å². The molecule has 0 saturated carbocycles. The molecule has 8 heteroatoms. The highest BCUT2D eigenvalue weighted by atomic mass is 31.2. The SMILES string of the molecule is CC=CC(=O)OCCCCCCC(CCOP(=O)(O)O)[N+](C)(C)C. The largest absolute Gasteiger partial charge is 0.469 e. The predicted octanol–water partition coefficient (Wildman–Crippen LogP) is 2.63. The normalized spacial score (nSPS) is 14.1. The molecule has 0 aliphatic carbocycles. The van der Waals surface area contributed by atoms with Gasteiger partial charge in [0, 0.05) is 12.5 Å². The summed E-state index contributed by atoms with van der Waals surface area (Å²) in [5.74, 6) is -0.298. The molecule has 0 rings (SSSR count). The number of rotatable bonds is 13. The van der Waals surface area contributed by atoms with Crippen molar-refractivity contribution in [3.8, 4) is 0 Å². The van der Waals surface area contributed by atoms with Gasteiger partial charge in [-0.3, -0.25) is 4.52 Å². The number of hydrogen-bond donors (Lipinski definition) is 2. The Morgan fingerprint density at radius 2 is 1.71 bits per heavy atom. The summed E-state index contributed by atoms with van der Waals surface area (Å²) >= 11 is 0. The van der Waals surface area contributed by atoms with Crippen LogP contribution in [0.4, 0.5) is 0 Å². The minimum absolute atomic E-state index is 0.0609. The van der Waals surface area contributed by atoms with Crippen molar-refractivity contribution in [2.24, 2.45) is 0 Å². The first kappa shape index (κ1) is 23.3. The number of nitrogens with zero attached hydrogens (tertiary/aromatic N) is 1. The van der Waals surface area contributed by atoms with Gasteiger partial charge in [-0.25, -0.2) is 9.36 Å². The first-order chi connectivity index (χ1) is 11.1. The number of hydrogen-bond acceptors (Lipinski definition) is 4. The van der Waals surface area contributed by atoms with E-state index in [4.69, 9.17) is 14.5 Å². The lowest BCUT2D eigenvalue weighted by Gasteiger charge is -2.34. The van der Waals surface area contributed by atoms with Crippen LogP contribution < -0.4 is 0 Å². The molecule has 0 aromatic carbocycles. The minimum atomic E-state index is -4.39. The number of phosphoric acid groups is 1. The Labute approximate surface area is 145 Å². The lowest BCUT2D eigenvalue weighted by atomic mass is 10.0. The molecule has 1 atom stereocenters. The third-order valence-corrected chi connectivity index (χ3v) is 4.30. The standard InChI is InChI=1S/C16H32NO6P/c1-5-10-16(18)22-13-9-7-6-8-11-15(17(2,3)4)12-14-23-24(19,20)21/h5,10,15H,6-9,11-14H2,1-4H3,(H-,19,20,21)/p+1. The minimum Gasteiger partial charge on any atom is -0.463 e. The molecule has 0 spiro atoms. The fourth-order valence-electron chi connectivity index (χ4n) is 2.42. The second kappa shape index (κ2) is 11.8. The van der Waals surface area contributed by atoms with Crippen LogP contribution in [-0.2, 0) is 18.6 Å². The number of carbonyl (C=O) groups is 1. The Hall–Kier alpha value is -0.720. The highest BCUT2D eigenvalue weighted by molar-refractivity contribution is 7.46. The number of unbranched alkanes of at least 4 members (excludes halogenated alkanes) is 3. The van der Waals surface area contributed by atoms with E-state index in [0.29, 0.717) is 13.0 Å². The number of quaternary nitrogens is 1. The van der Waals surface area contributed by atoms with Crippen molar-refractivity contribution >= 4 is 13.8 Å². The van der Waals surface area contributed by atoms with Crippen LogP contribution in [-0.4, -0.2) is 60.6 Å². The van der Waals surface area contributed by atoms with Gasteiger partial charge in [-0.05, 0) is 26.2 Å². The van der Waals surface area contributed by atoms with Crippen LogP contribution in [0.5, 0.6) is 0 Å². The number of phosphoric ester groups is 1. The summed E-state index contributed by atoms with van der Waals surface area (Å²) in [6, 6.07) is 0.282. The maximum absolute atomic E-state index is 11.1. The quantitative estimate of drug-likeness (QED) is 0.171. The number of allylic oxidation sites excluding steroid dienone is 1. The van der Waals surface area contributed by atoms with Crippen LogP contribution in [0.25, 0.3) is 0 Å². The zero-order chi connectivity index (χ0) is 18.6. The van der Waals surface area contributed by atoms with Crippen LogP contribution in [0.1, 0.15) is 45.4 Å². The number of carbonyl (C=O) groups excluding carboxylic acids is 1. The first-order valence-corrected chi connectivity index (χ1v) is 9.90. The molecule has 0 aliphatic rings. The molecular weight excluding hydrogens is 333 g/mol. The molecule has 0 aliphatic heterocycles. The number of esters is 1. The Kier molecular flexibility index (Phi) is 11.4. The van der Waals surface area contributed by atoms with E-state index >= 15 is 0 Å². The fourth-order valence-corrected chi connectivity index (χ4v) is 2.76. The van der Waals surface area contributed by atoms with E-state index in [9.17, 15) is 9.36 Å². The van der Waals surface area contributed by atoms with Crippen molar-refractivity contribution in [1.82, 2.24) is 0 Å². The Morgan fingerprint density at radius 3 is 2.25 bits per heavy atom. The van der Waals surface area contributed by atoms with Gasteiger partial charge in [0.2, 0.25) is 0 Å². The van der Waals surface area contributed by atoms with Crippen molar-refractivity contribution < 1.29 is 32.9 Å². The molecule has 1 unspecified atom stereocenters. The maximum Gasteiger partial charge on any atom is 0.469 e. The van der Waals surface area contributed by atoms with Gasteiger partial charge in [0.15, 0.2) is 0 Å². The molecule has 0 radical (unpaired) electrons. The van der Waals surface area contributed by atoms with Gasteiger partial charge < -0.3 is 19.0 Å². The second-order valence-electron chi connectivity index (χ2n) is 6.75. The Bertz CT molecular complexity index is 427. The average Bonchev–Trinajstić information content (AvgIpc) is 2.42. The van der Waals surface area contributed by atoms with E-state index in [2.05, 4.69) is 25.7 Å². The molecule has 0 amide bonds. The van der Waals surface area contributed by atoms with Gasteiger partial charge >= 0.3 is 13.8 Å². The molecule has 142 valence electrons. The third-order valence-electron chi connectivity index (χ3n) is 3.78. The number of ether oxygens (including phenoxy) is 1. The van der Waals surface area contributed by atoms with E-state index < -0.39 is 7.82 Å². The molecule has 24 heavy (non-hydrogen) atoms. The molecule has 0 aromatic heterocycles. The molecule has 0 aromatic rings. The average molecular weight is 366 g/mol. The van der Waals surface area contributed by atoms with Crippen molar-refractivity contribution in [3.63, 3.8) is 0 Å². The molecule has 0 fully saturated rings. The Morgan fingerprint density at radius 1 is 1.08 bits per heavy atom. The van der Waals surface area contributed by atoms with Gasteiger partial charge in [0.05, 0.1) is 40.4 Å². The molecule has 2 N–H and O–H groups in total. The lowest BCUT2D eigenvalue weighted by molar-refractivity contribution is -0.896. The van der Waals surface area contributed by atoms with Crippen LogP contribution in [0.2, 0.25) is 0 Å². The maximum atomic E-state index is 11.1. The van der Waals surface area contributed by atoms with Crippen LogP contribution in [0.3, 0.4) is 0 Å². The van der Waals surface area contributed by atoms with Crippen molar-refractivity contribution in [1.29, 1.82) is 0 Å². The van der Waals surface area contributed by atoms with Crippen molar-refractivity contribution in [2.75, 3.05) is 34.4 Å². The molecule has 0 bridgehead atoms. The van der Waals surface area contributed by atoms with Gasteiger partial charge in [-0.2, -0.15) is 0 Å². The molecule has 0 saturated heterocycles. The lowest BCUT2D eigenvalue weighted by Crippen LogP contribution is -2.45. The smallest absolute Gasteiger partial charge is 0.463 e. The summed E-state index contributed by atoms with van der Waals surface area (Å²) in [5.41, 5.74) is 0. The van der Waals surface area contributed by atoms with Crippen molar-refractivity contribution in [2.45, 2.75) is 51.5 Å². The van der Waals surface area contributed by atoms with Gasteiger partial charge in [-0.1, -0.05) is 18.9 Å². The highest BCUT2D eigenvalue weighted by Gasteiger charge is 2.24. The summed E-state index contributed by atoms with van der Waals surface area (Å²) in [6.07, 6.45) is 8.54. The van der Waals surface area contributed by atoms with Crippen LogP contribution in [0.15, 0.2) is 12.2 Å². The zero-order valence-electron chi connectivity index (χ0n) is 15.3. The first-order valence-electron chi connectivity index (χ1n) is 8.37. The van der Waals surface area contributed by atoms with Gasteiger partial charge in [0.1, 0.15) is 0 Å². The highest BCUT2D eigenvalue weighted by Crippen LogP contribution is 2.36. The topological polar surface area (TPSA) is 93.1 Å². The van der Waals surface area contributed by atoms with E-state index in [0.717, 1.165) is 36.6 Å². The summed E-state index contributed by atoms with van der Waals surface area (Å²) < 4.78 is 21.1. The summed E-state index contributed by atoms with van der Waals surface area (Å²) in [5, 5.41) is 0. The Balaban J connectivity index is 3.91. The van der Waals surface area contributed by atoms with Crippen LogP contribution in [0, 0.1) is 0 Å². The van der Waals surface area contributed by atoms with E-state index in [1.165, 1.54) is 6.08 Å². The van der Waals surface area contributed by atoms with E-state index in [1.807, 2.05) is 0 Å². The molecular formula is C16H33NO6P+. The molecule has 7 nitrogen and oxygen atoms in total. The summed E-state index contributed by atoms with van der Waals surface area (Å²) in [4.78, 5) is 28.6. The zero-order valence-corrected chi connectivity index (χ0v) is 16.2. The summed E-state index contributed by atoms with van der Waals surface area (Å²) in [7, 11) is 1.83. The third kappa shape index (κ3) is 13.7. The van der Waals surface area contributed by atoms with Crippen LogP contribution >= 0.6 is 7.82 Å². The fraction of sp³-hybridized carbons (Fsp3) is 0.812. The second-order valence-corrected chi connectivity index (χ2v) is 7.99. The monoisotopic (exact) mass is 366 g/mol. The van der Waals surface area contributed by atoms with Gasteiger partial charge in [0.25, 0.3) is 0 Å².